The average Bonchev–Trinajstić information content (AvgIpc) is 2.30. The number of aryl methyl sites for hydroxylation is 1. The number of nitrogens with one attached hydrogen (secondary N) is 1. The lowest BCUT2D eigenvalue weighted by Crippen LogP contribution is -2.27. The van der Waals surface area contributed by atoms with Crippen LogP contribution in [0.15, 0.2) is 40.1 Å². The lowest BCUT2D eigenvalue weighted by molar-refractivity contribution is 0.843. The van der Waals surface area contributed by atoms with Gasteiger partial charge in [0.25, 0.3) is 5.56 Å². The number of nitrogens with zero attached hydrogens (tertiary/aromatic N) is 1. The first-order valence-corrected chi connectivity index (χ1v) is 5.92. The number of hydrogen-bond donors (Lipinski definition) is 1. The number of aromatic nitrogens is 2. The molecule has 0 amide bonds. The van der Waals surface area contributed by atoms with Gasteiger partial charge in [-0.1, -0.05) is 19.9 Å². The van der Waals surface area contributed by atoms with E-state index in [1.165, 1.54) is 28.0 Å². The molecular weight excluding hydrogens is 228 g/mol. The predicted molar refractivity (Wildman–Crippen MR) is 71.5 cm³/mol. The van der Waals surface area contributed by atoms with Gasteiger partial charge in [0, 0.05) is 12.3 Å². The molecule has 18 heavy (non-hydrogen) atoms. The molecule has 0 saturated heterocycles. The molecule has 4 nitrogen and oxygen atoms in total. The third kappa shape index (κ3) is 2.27. The quantitative estimate of drug-likeness (QED) is 0.878. The summed E-state index contributed by atoms with van der Waals surface area (Å²) < 4.78 is 1.44. The smallest absolute Gasteiger partial charge is 0.274 e. The van der Waals surface area contributed by atoms with E-state index in [1.807, 2.05) is 18.2 Å². The maximum atomic E-state index is 11.7. The van der Waals surface area contributed by atoms with Crippen LogP contribution in [-0.2, 0) is 0 Å². The summed E-state index contributed by atoms with van der Waals surface area (Å²) >= 11 is 0. The third-order valence-corrected chi connectivity index (χ3v) is 2.99. The van der Waals surface area contributed by atoms with Gasteiger partial charge in [0.2, 0.25) is 0 Å². The average molecular weight is 244 g/mol. The minimum atomic E-state index is -0.416. The Labute approximate surface area is 105 Å². The maximum Gasteiger partial charge on any atom is 0.332 e. The SMILES string of the molecule is Cc1ccc(-n2ccc(=O)[nH]c2=O)cc1C(C)C. The Morgan fingerprint density at radius 2 is 1.89 bits per heavy atom. The molecule has 0 aliphatic rings. The highest BCUT2D eigenvalue weighted by molar-refractivity contribution is 5.41. The fraction of sp³-hybridized carbons (Fsp3) is 0.286. The van der Waals surface area contributed by atoms with Crippen molar-refractivity contribution in [1.29, 1.82) is 0 Å². The summed E-state index contributed by atoms with van der Waals surface area (Å²) in [5.41, 5.74) is 2.37. The van der Waals surface area contributed by atoms with Crippen LogP contribution in [0.2, 0.25) is 0 Å². The minimum absolute atomic E-state index is 0.382. The number of rotatable bonds is 2. The summed E-state index contributed by atoms with van der Waals surface area (Å²) in [5.74, 6) is 0.392. The Hall–Kier alpha value is -2.10. The Bertz CT molecular complexity index is 681. The highest BCUT2D eigenvalue weighted by Crippen LogP contribution is 2.21. The van der Waals surface area contributed by atoms with E-state index in [2.05, 4.69) is 25.8 Å². The van der Waals surface area contributed by atoms with Gasteiger partial charge in [0.1, 0.15) is 0 Å². The monoisotopic (exact) mass is 244 g/mol. The van der Waals surface area contributed by atoms with Gasteiger partial charge >= 0.3 is 5.69 Å². The van der Waals surface area contributed by atoms with Crippen molar-refractivity contribution in [3.8, 4) is 5.69 Å². The molecule has 0 aliphatic carbocycles. The molecule has 0 atom stereocenters. The first-order valence-electron chi connectivity index (χ1n) is 5.92. The summed E-state index contributed by atoms with van der Waals surface area (Å²) in [6.07, 6.45) is 1.50. The Morgan fingerprint density at radius 1 is 1.17 bits per heavy atom. The topological polar surface area (TPSA) is 54.9 Å². The molecule has 4 heteroatoms. The molecule has 2 rings (SSSR count). The summed E-state index contributed by atoms with van der Waals surface area (Å²) in [6, 6.07) is 7.19. The number of aromatic amines is 1. The van der Waals surface area contributed by atoms with Gasteiger partial charge in [-0.15, -0.1) is 0 Å². The first kappa shape index (κ1) is 12.4. The number of hydrogen-bond acceptors (Lipinski definition) is 2. The zero-order valence-electron chi connectivity index (χ0n) is 10.7. The second-order valence-electron chi connectivity index (χ2n) is 4.68. The fourth-order valence-corrected chi connectivity index (χ4v) is 2.02. The Morgan fingerprint density at radius 3 is 2.50 bits per heavy atom. The van der Waals surface area contributed by atoms with Crippen LogP contribution >= 0.6 is 0 Å². The van der Waals surface area contributed by atoms with E-state index in [0.717, 1.165) is 5.69 Å². The molecule has 0 bridgehead atoms. The molecule has 2 aromatic rings. The molecule has 0 spiro atoms. The van der Waals surface area contributed by atoms with Crippen molar-refractivity contribution in [2.45, 2.75) is 26.7 Å². The zero-order chi connectivity index (χ0) is 13.3. The molecule has 0 fully saturated rings. The molecule has 1 aromatic heterocycles. The van der Waals surface area contributed by atoms with Crippen molar-refractivity contribution in [1.82, 2.24) is 9.55 Å². The minimum Gasteiger partial charge on any atom is -0.274 e. The van der Waals surface area contributed by atoms with Crippen molar-refractivity contribution in [3.63, 3.8) is 0 Å². The molecule has 1 heterocycles. The molecule has 1 aromatic carbocycles. The van der Waals surface area contributed by atoms with Gasteiger partial charge in [-0.25, -0.2) is 4.79 Å². The maximum absolute atomic E-state index is 11.7. The van der Waals surface area contributed by atoms with Crippen molar-refractivity contribution in [3.05, 3.63) is 62.4 Å². The van der Waals surface area contributed by atoms with Crippen LogP contribution in [0, 0.1) is 6.92 Å². The molecular formula is C14H16N2O2. The fourth-order valence-electron chi connectivity index (χ4n) is 2.02. The van der Waals surface area contributed by atoms with Gasteiger partial charge in [-0.3, -0.25) is 14.3 Å². The lowest BCUT2D eigenvalue weighted by Gasteiger charge is -2.12. The highest BCUT2D eigenvalue weighted by atomic mass is 16.2. The van der Waals surface area contributed by atoms with Crippen molar-refractivity contribution in [2.75, 3.05) is 0 Å². The standard InChI is InChI=1S/C14H16N2O2/c1-9(2)12-8-11(5-4-10(12)3)16-7-6-13(17)15-14(16)18/h4-9H,1-3H3,(H,15,17,18). The van der Waals surface area contributed by atoms with Gasteiger partial charge < -0.3 is 0 Å². The van der Waals surface area contributed by atoms with Gasteiger partial charge in [0.05, 0.1) is 5.69 Å². The zero-order valence-corrected chi connectivity index (χ0v) is 10.7. The molecule has 0 aliphatic heterocycles. The van der Waals surface area contributed by atoms with Crippen LogP contribution in [0.5, 0.6) is 0 Å². The second-order valence-corrected chi connectivity index (χ2v) is 4.68. The van der Waals surface area contributed by atoms with E-state index < -0.39 is 5.69 Å². The van der Waals surface area contributed by atoms with Crippen LogP contribution in [0.1, 0.15) is 30.9 Å². The van der Waals surface area contributed by atoms with E-state index in [4.69, 9.17) is 0 Å². The normalized spacial score (nSPS) is 10.9. The summed E-state index contributed by atoms with van der Waals surface area (Å²) in [4.78, 5) is 25.0. The Balaban J connectivity index is 2.61. The van der Waals surface area contributed by atoms with Crippen LogP contribution in [0.3, 0.4) is 0 Å². The summed E-state index contributed by atoms with van der Waals surface area (Å²) in [7, 11) is 0. The largest absolute Gasteiger partial charge is 0.332 e. The first-order chi connectivity index (χ1) is 8.49. The van der Waals surface area contributed by atoms with Crippen molar-refractivity contribution >= 4 is 0 Å². The summed E-state index contributed by atoms with van der Waals surface area (Å²) in [6.45, 7) is 6.28. The van der Waals surface area contributed by atoms with E-state index >= 15 is 0 Å². The van der Waals surface area contributed by atoms with Crippen LogP contribution in [-0.4, -0.2) is 9.55 Å². The van der Waals surface area contributed by atoms with Gasteiger partial charge in [0.15, 0.2) is 0 Å². The van der Waals surface area contributed by atoms with Crippen LogP contribution in [0.25, 0.3) is 5.69 Å². The van der Waals surface area contributed by atoms with Crippen LogP contribution < -0.4 is 11.2 Å². The molecule has 1 N–H and O–H groups in total. The van der Waals surface area contributed by atoms with Gasteiger partial charge in [-0.05, 0) is 36.1 Å². The summed E-state index contributed by atoms with van der Waals surface area (Å²) in [5, 5.41) is 0. The van der Waals surface area contributed by atoms with Crippen LogP contribution in [0.4, 0.5) is 0 Å². The molecule has 0 radical (unpaired) electrons. The predicted octanol–water partition coefficient (Wildman–Crippen LogP) is 1.96. The van der Waals surface area contributed by atoms with E-state index in [-0.39, 0.29) is 5.56 Å². The highest BCUT2D eigenvalue weighted by Gasteiger charge is 2.06. The number of H-pyrrole nitrogens is 1. The molecule has 0 saturated carbocycles. The van der Waals surface area contributed by atoms with Crippen molar-refractivity contribution < 1.29 is 0 Å². The lowest BCUT2D eigenvalue weighted by atomic mass is 9.97. The van der Waals surface area contributed by atoms with E-state index in [1.54, 1.807) is 0 Å². The van der Waals surface area contributed by atoms with E-state index in [0.29, 0.717) is 5.92 Å². The Kier molecular flexibility index (Phi) is 3.19. The molecule has 94 valence electrons. The third-order valence-electron chi connectivity index (χ3n) is 2.99. The van der Waals surface area contributed by atoms with E-state index in [9.17, 15) is 9.59 Å². The molecule has 0 unspecified atom stereocenters. The van der Waals surface area contributed by atoms with Crippen molar-refractivity contribution in [2.24, 2.45) is 0 Å². The second kappa shape index (κ2) is 4.64. The van der Waals surface area contributed by atoms with Gasteiger partial charge in [-0.2, -0.15) is 0 Å². The number of benzene rings is 1.